The van der Waals surface area contributed by atoms with Crippen molar-refractivity contribution in [3.8, 4) is 0 Å². The summed E-state index contributed by atoms with van der Waals surface area (Å²) >= 11 is 0. The molecule has 2 amide bonds. The Bertz CT molecular complexity index is 838. The van der Waals surface area contributed by atoms with Crippen LogP contribution in [0.4, 0.5) is 0 Å². The molecule has 0 aliphatic rings. The van der Waals surface area contributed by atoms with Crippen LogP contribution in [-0.2, 0) is 25.7 Å². The van der Waals surface area contributed by atoms with Crippen molar-refractivity contribution in [3.05, 3.63) is 34.8 Å². The summed E-state index contributed by atoms with van der Waals surface area (Å²) in [6.45, 7) is 1.87. The third kappa shape index (κ3) is 5.47. The van der Waals surface area contributed by atoms with E-state index in [0.717, 1.165) is 6.42 Å². The van der Waals surface area contributed by atoms with Crippen molar-refractivity contribution in [2.45, 2.75) is 26.3 Å². The van der Waals surface area contributed by atoms with Crippen LogP contribution in [-0.4, -0.2) is 42.0 Å². The predicted octanol–water partition coefficient (Wildman–Crippen LogP) is 0.170. The number of aryl methyl sites for hydroxylation is 1. The van der Waals surface area contributed by atoms with Gasteiger partial charge in [0.1, 0.15) is 0 Å². The first-order chi connectivity index (χ1) is 12.5. The third-order valence-corrected chi connectivity index (χ3v) is 3.50. The fourth-order valence-electron chi connectivity index (χ4n) is 2.20. The van der Waals surface area contributed by atoms with Gasteiger partial charge in [0.05, 0.1) is 18.5 Å². The molecule has 26 heavy (non-hydrogen) atoms. The Labute approximate surface area is 149 Å². The number of carbonyl (C=O) groups is 3. The van der Waals surface area contributed by atoms with E-state index in [1.54, 1.807) is 24.3 Å². The monoisotopic (exact) mass is 363 g/mol. The SMILES string of the molecule is CCCNC(=O)CNC(=O)COC(=O)CCn1c(=O)oc2ccccc21. The van der Waals surface area contributed by atoms with Gasteiger partial charge in [0.15, 0.2) is 12.2 Å². The Morgan fingerprint density at radius 3 is 2.69 bits per heavy atom. The fraction of sp³-hybridized carbons (Fsp3) is 0.412. The maximum Gasteiger partial charge on any atom is 0.419 e. The average Bonchev–Trinajstić information content (AvgIpc) is 2.96. The zero-order valence-corrected chi connectivity index (χ0v) is 14.4. The highest BCUT2D eigenvalue weighted by atomic mass is 16.5. The van der Waals surface area contributed by atoms with E-state index >= 15 is 0 Å². The molecule has 0 bridgehead atoms. The van der Waals surface area contributed by atoms with E-state index in [4.69, 9.17) is 9.15 Å². The zero-order valence-electron chi connectivity index (χ0n) is 14.4. The Hall–Kier alpha value is -3.10. The van der Waals surface area contributed by atoms with Crippen molar-refractivity contribution < 1.29 is 23.5 Å². The smallest absolute Gasteiger partial charge is 0.419 e. The third-order valence-electron chi connectivity index (χ3n) is 3.50. The van der Waals surface area contributed by atoms with Crippen LogP contribution in [0.3, 0.4) is 0 Å². The average molecular weight is 363 g/mol. The number of aromatic nitrogens is 1. The lowest BCUT2D eigenvalue weighted by Gasteiger charge is -2.07. The molecule has 1 aromatic carbocycles. The zero-order chi connectivity index (χ0) is 18.9. The van der Waals surface area contributed by atoms with Gasteiger partial charge in [-0.15, -0.1) is 0 Å². The maximum atomic E-state index is 11.8. The summed E-state index contributed by atoms with van der Waals surface area (Å²) in [6, 6.07) is 6.87. The summed E-state index contributed by atoms with van der Waals surface area (Å²) in [5.41, 5.74) is 1.02. The largest absolute Gasteiger partial charge is 0.456 e. The van der Waals surface area contributed by atoms with E-state index in [2.05, 4.69) is 10.6 Å². The highest BCUT2D eigenvalue weighted by Crippen LogP contribution is 2.12. The van der Waals surface area contributed by atoms with Crippen LogP contribution in [0.5, 0.6) is 0 Å². The van der Waals surface area contributed by atoms with E-state index in [-0.39, 0.29) is 25.4 Å². The number of esters is 1. The van der Waals surface area contributed by atoms with Crippen LogP contribution in [0.25, 0.3) is 11.1 Å². The number of oxazole rings is 1. The van der Waals surface area contributed by atoms with E-state index in [1.807, 2.05) is 6.92 Å². The molecule has 1 aromatic heterocycles. The highest BCUT2D eigenvalue weighted by Gasteiger charge is 2.12. The molecule has 2 N–H and O–H groups in total. The van der Waals surface area contributed by atoms with Gasteiger partial charge in [0.2, 0.25) is 5.91 Å². The van der Waals surface area contributed by atoms with E-state index in [9.17, 15) is 19.2 Å². The molecule has 2 rings (SSSR count). The molecule has 9 nitrogen and oxygen atoms in total. The molecule has 1 heterocycles. The minimum atomic E-state index is -0.632. The number of nitrogens with zero attached hydrogens (tertiary/aromatic N) is 1. The molecule has 0 aliphatic heterocycles. The molecule has 0 saturated heterocycles. The number of hydrogen-bond acceptors (Lipinski definition) is 6. The van der Waals surface area contributed by atoms with Crippen molar-refractivity contribution in [3.63, 3.8) is 0 Å². The number of nitrogens with one attached hydrogen (secondary N) is 2. The Morgan fingerprint density at radius 2 is 1.92 bits per heavy atom. The van der Waals surface area contributed by atoms with Gasteiger partial charge in [-0.1, -0.05) is 19.1 Å². The molecule has 0 spiro atoms. The van der Waals surface area contributed by atoms with Gasteiger partial charge in [-0.05, 0) is 18.6 Å². The molecule has 0 atom stereocenters. The van der Waals surface area contributed by atoms with Crippen molar-refractivity contribution in [2.24, 2.45) is 0 Å². The summed E-state index contributed by atoms with van der Waals surface area (Å²) in [4.78, 5) is 46.4. The Morgan fingerprint density at radius 1 is 1.15 bits per heavy atom. The lowest BCUT2D eigenvalue weighted by atomic mass is 10.3. The lowest BCUT2D eigenvalue weighted by molar-refractivity contribution is -0.148. The molecule has 0 saturated carbocycles. The molecule has 9 heteroatoms. The summed E-state index contributed by atoms with van der Waals surface area (Å²) < 4.78 is 11.2. The predicted molar refractivity (Wildman–Crippen MR) is 92.4 cm³/mol. The van der Waals surface area contributed by atoms with Gasteiger partial charge in [0.25, 0.3) is 5.91 Å². The number of hydrogen-bond donors (Lipinski definition) is 2. The van der Waals surface area contributed by atoms with Crippen LogP contribution in [0.1, 0.15) is 19.8 Å². The first-order valence-electron chi connectivity index (χ1n) is 8.28. The number of amides is 2. The standard InChI is InChI=1S/C17H21N3O6/c1-2-8-18-14(21)10-19-15(22)11-25-16(23)7-9-20-12-5-3-4-6-13(12)26-17(20)24/h3-6H,2,7-11H2,1H3,(H,18,21)(H,19,22). The second-order valence-electron chi connectivity index (χ2n) is 5.52. The molecule has 0 aliphatic carbocycles. The van der Waals surface area contributed by atoms with Gasteiger partial charge >= 0.3 is 11.7 Å². The fourth-order valence-corrected chi connectivity index (χ4v) is 2.20. The van der Waals surface area contributed by atoms with Gasteiger partial charge < -0.3 is 19.8 Å². The first kappa shape index (κ1) is 19.2. The molecular weight excluding hydrogens is 342 g/mol. The first-order valence-corrected chi connectivity index (χ1v) is 8.28. The van der Waals surface area contributed by atoms with E-state index in [0.29, 0.717) is 17.6 Å². The minimum Gasteiger partial charge on any atom is -0.456 e. The van der Waals surface area contributed by atoms with Gasteiger partial charge in [-0.3, -0.25) is 19.0 Å². The number of para-hydroxylation sites is 2. The van der Waals surface area contributed by atoms with Gasteiger partial charge in [0, 0.05) is 13.1 Å². The summed E-state index contributed by atoms with van der Waals surface area (Å²) in [7, 11) is 0. The van der Waals surface area contributed by atoms with E-state index in [1.165, 1.54) is 4.57 Å². The number of benzene rings is 1. The quantitative estimate of drug-likeness (QED) is 0.613. The van der Waals surface area contributed by atoms with E-state index < -0.39 is 24.2 Å². The molecule has 140 valence electrons. The van der Waals surface area contributed by atoms with Gasteiger partial charge in [-0.25, -0.2) is 4.79 Å². The van der Waals surface area contributed by atoms with Crippen molar-refractivity contribution >= 4 is 28.9 Å². The Balaban J connectivity index is 1.73. The second-order valence-corrected chi connectivity index (χ2v) is 5.52. The van der Waals surface area contributed by atoms with Crippen molar-refractivity contribution in [1.29, 1.82) is 0 Å². The maximum absolute atomic E-state index is 11.8. The van der Waals surface area contributed by atoms with Crippen LogP contribution >= 0.6 is 0 Å². The van der Waals surface area contributed by atoms with Crippen LogP contribution in [0.15, 0.2) is 33.5 Å². The molecule has 0 fully saturated rings. The number of rotatable bonds is 9. The summed E-state index contributed by atoms with van der Waals surface area (Å²) in [5.74, 6) is -2.07. The molecule has 0 unspecified atom stereocenters. The van der Waals surface area contributed by atoms with Crippen LogP contribution in [0.2, 0.25) is 0 Å². The van der Waals surface area contributed by atoms with Crippen LogP contribution in [0, 0.1) is 0 Å². The molecule has 2 aromatic rings. The Kier molecular flexibility index (Phi) is 6.95. The molecular formula is C17H21N3O6. The lowest BCUT2D eigenvalue weighted by Crippen LogP contribution is -2.39. The summed E-state index contributed by atoms with van der Waals surface area (Å²) in [6.07, 6.45) is 0.708. The molecule has 0 radical (unpaired) electrons. The minimum absolute atomic E-state index is 0.0791. The number of ether oxygens (including phenoxy) is 1. The van der Waals surface area contributed by atoms with Crippen LogP contribution < -0.4 is 16.4 Å². The summed E-state index contributed by atoms with van der Waals surface area (Å²) in [5, 5.41) is 4.96. The topological polar surface area (TPSA) is 120 Å². The normalized spacial score (nSPS) is 10.5. The van der Waals surface area contributed by atoms with Gasteiger partial charge in [-0.2, -0.15) is 0 Å². The number of fused-ring (bicyclic) bond motifs is 1. The highest BCUT2D eigenvalue weighted by molar-refractivity contribution is 5.86. The number of carbonyl (C=O) groups excluding carboxylic acids is 3. The second kappa shape index (κ2) is 9.40. The van der Waals surface area contributed by atoms with Crippen molar-refractivity contribution in [1.82, 2.24) is 15.2 Å². The van der Waals surface area contributed by atoms with Crippen molar-refractivity contribution in [2.75, 3.05) is 19.7 Å².